The number of amides is 2. The molecule has 0 radical (unpaired) electrons. The van der Waals surface area contributed by atoms with Crippen LogP contribution in [0.15, 0.2) is 53.4 Å². The average molecular weight is 342 g/mol. The van der Waals surface area contributed by atoms with Gasteiger partial charge in [-0.05, 0) is 29.8 Å². The molecule has 0 aromatic heterocycles. The van der Waals surface area contributed by atoms with E-state index in [1.54, 1.807) is 18.8 Å². The van der Waals surface area contributed by atoms with Crippen molar-refractivity contribution in [3.63, 3.8) is 0 Å². The van der Waals surface area contributed by atoms with Crippen molar-refractivity contribution in [1.29, 1.82) is 0 Å². The first-order chi connectivity index (χ1) is 11.5. The second-order valence-electron chi connectivity index (χ2n) is 5.66. The number of likely N-dealkylation sites (N-methyl/N-ethyl adjacent to an activating group) is 1. The molecule has 2 aromatic rings. The van der Waals surface area contributed by atoms with Crippen LogP contribution in [0.4, 0.5) is 5.69 Å². The summed E-state index contributed by atoms with van der Waals surface area (Å²) in [7, 11) is 1.61. The molecule has 0 fully saturated rings. The molecule has 0 atom stereocenters. The van der Waals surface area contributed by atoms with Crippen LogP contribution in [0.5, 0.6) is 0 Å². The van der Waals surface area contributed by atoms with Crippen LogP contribution in [0.25, 0.3) is 0 Å². The Bertz CT molecular complexity index is 712. The van der Waals surface area contributed by atoms with E-state index in [1.807, 2.05) is 48.5 Å². The molecule has 2 aromatic carbocycles. The molecule has 0 saturated carbocycles. The van der Waals surface area contributed by atoms with Gasteiger partial charge in [-0.1, -0.05) is 38.1 Å². The van der Waals surface area contributed by atoms with E-state index in [0.29, 0.717) is 22.9 Å². The Morgan fingerprint density at radius 3 is 2.33 bits per heavy atom. The normalized spacial score (nSPS) is 10.5. The summed E-state index contributed by atoms with van der Waals surface area (Å²) in [5, 5.41) is 5.91. The molecule has 0 aliphatic carbocycles. The van der Waals surface area contributed by atoms with Gasteiger partial charge in [-0.3, -0.25) is 9.59 Å². The minimum absolute atomic E-state index is 0.0357. The molecule has 4 nitrogen and oxygen atoms in total. The maximum absolute atomic E-state index is 12.5. The van der Waals surface area contributed by atoms with Crippen molar-refractivity contribution < 1.29 is 9.59 Å². The Morgan fingerprint density at radius 2 is 1.71 bits per heavy atom. The monoisotopic (exact) mass is 342 g/mol. The van der Waals surface area contributed by atoms with Gasteiger partial charge >= 0.3 is 0 Å². The Morgan fingerprint density at radius 1 is 1.04 bits per heavy atom. The van der Waals surface area contributed by atoms with Crippen molar-refractivity contribution in [2.24, 2.45) is 0 Å². The quantitative estimate of drug-likeness (QED) is 0.787. The molecule has 24 heavy (non-hydrogen) atoms. The van der Waals surface area contributed by atoms with Crippen molar-refractivity contribution >= 4 is 29.3 Å². The number of carbonyl (C=O) groups excluding carboxylic acids is 2. The highest BCUT2D eigenvalue weighted by Crippen LogP contribution is 2.27. The lowest BCUT2D eigenvalue weighted by molar-refractivity contribution is -0.119. The van der Waals surface area contributed by atoms with Crippen LogP contribution in [0, 0.1) is 0 Å². The van der Waals surface area contributed by atoms with E-state index in [-0.39, 0.29) is 11.8 Å². The molecule has 5 heteroatoms. The highest BCUT2D eigenvalue weighted by Gasteiger charge is 2.12. The number of thioether (sulfide) groups is 1. The predicted molar refractivity (Wildman–Crippen MR) is 99.6 cm³/mol. The zero-order valence-electron chi connectivity index (χ0n) is 14.1. The maximum atomic E-state index is 12.5. The number of carbonyl (C=O) groups is 2. The number of rotatable bonds is 6. The number of hydrogen-bond acceptors (Lipinski definition) is 3. The molecule has 2 N–H and O–H groups in total. The van der Waals surface area contributed by atoms with Crippen molar-refractivity contribution in [1.82, 2.24) is 5.32 Å². The fourth-order valence-corrected chi connectivity index (χ4v) is 3.14. The summed E-state index contributed by atoms with van der Waals surface area (Å²) in [6, 6.07) is 14.9. The summed E-state index contributed by atoms with van der Waals surface area (Å²) in [6.07, 6.45) is 0.332. The van der Waals surface area contributed by atoms with Gasteiger partial charge in [0.25, 0.3) is 5.91 Å². The summed E-state index contributed by atoms with van der Waals surface area (Å²) in [5.41, 5.74) is 2.29. The second-order valence-corrected chi connectivity index (χ2v) is 7.28. The van der Waals surface area contributed by atoms with Crippen LogP contribution in [-0.4, -0.2) is 24.1 Å². The highest BCUT2D eigenvalue weighted by molar-refractivity contribution is 8.00. The maximum Gasteiger partial charge on any atom is 0.256 e. The highest BCUT2D eigenvalue weighted by atomic mass is 32.2. The first kappa shape index (κ1) is 18.1. The minimum Gasteiger partial charge on any atom is -0.359 e. The third-order valence-electron chi connectivity index (χ3n) is 3.35. The smallest absolute Gasteiger partial charge is 0.256 e. The van der Waals surface area contributed by atoms with E-state index in [4.69, 9.17) is 0 Å². The van der Waals surface area contributed by atoms with E-state index in [1.165, 1.54) is 0 Å². The minimum atomic E-state index is -0.127. The Labute approximate surface area is 147 Å². The first-order valence-electron chi connectivity index (χ1n) is 7.86. The van der Waals surface area contributed by atoms with Crippen LogP contribution in [0.3, 0.4) is 0 Å². The molecule has 0 spiro atoms. The standard InChI is InChI=1S/C19H22N2O2S/c1-13(2)24-17-7-5-4-6-16(17)19(23)21-15-10-8-14(9-11-15)12-18(22)20-3/h4-11,13H,12H2,1-3H3,(H,20,22)(H,21,23). The van der Waals surface area contributed by atoms with Crippen molar-refractivity contribution in [2.45, 2.75) is 30.4 Å². The summed E-state index contributed by atoms with van der Waals surface area (Å²) >= 11 is 1.67. The van der Waals surface area contributed by atoms with Gasteiger partial charge in [-0.25, -0.2) is 0 Å². The van der Waals surface area contributed by atoms with Crippen molar-refractivity contribution in [2.75, 3.05) is 12.4 Å². The summed E-state index contributed by atoms with van der Waals surface area (Å²) in [4.78, 5) is 24.9. The SMILES string of the molecule is CNC(=O)Cc1ccc(NC(=O)c2ccccc2SC(C)C)cc1. The molecule has 0 aliphatic rings. The molecule has 2 amide bonds. The third-order valence-corrected chi connectivity index (χ3v) is 4.43. The van der Waals surface area contributed by atoms with Gasteiger partial charge in [-0.15, -0.1) is 11.8 Å². The zero-order valence-corrected chi connectivity index (χ0v) is 14.9. The zero-order chi connectivity index (χ0) is 17.5. The fourth-order valence-electron chi connectivity index (χ4n) is 2.19. The van der Waals surface area contributed by atoms with E-state index < -0.39 is 0 Å². The number of nitrogens with one attached hydrogen (secondary N) is 2. The van der Waals surface area contributed by atoms with Gasteiger partial charge in [0.15, 0.2) is 0 Å². The average Bonchev–Trinajstić information content (AvgIpc) is 2.56. The van der Waals surface area contributed by atoms with E-state index in [0.717, 1.165) is 10.5 Å². The topological polar surface area (TPSA) is 58.2 Å². The lowest BCUT2D eigenvalue weighted by Crippen LogP contribution is -2.19. The van der Waals surface area contributed by atoms with Crippen LogP contribution < -0.4 is 10.6 Å². The van der Waals surface area contributed by atoms with E-state index >= 15 is 0 Å². The van der Waals surface area contributed by atoms with Crippen LogP contribution >= 0.6 is 11.8 Å². The molecule has 0 bridgehead atoms. The molecule has 0 saturated heterocycles. The van der Waals surface area contributed by atoms with Crippen LogP contribution in [-0.2, 0) is 11.2 Å². The van der Waals surface area contributed by atoms with Crippen molar-refractivity contribution in [3.8, 4) is 0 Å². The van der Waals surface area contributed by atoms with Gasteiger partial charge in [0, 0.05) is 22.9 Å². The lowest BCUT2D eigenvalue weighted by Gasteiger charge is -2.12. The Kier molecular flexibility index (Phi) is 6.44. The number of benzene rings is 2. The summed E-state index contributed by atoms with van der Waals surface area (Å²) in [6.45, 7) is 4.20. The largest absolute Gasteiger partial charge is 0.359 e. The molecule has 0 aliphatic heterocycles. The van der Waals surface area contributed by atoms with Gasteiger partial charge in [-0.2, -0.15) is 0 Å². The lowest BCUT2D eigenvalue weighted by atomic mass is 10.1. The molecule has 0 unspecified atom stereocenters. The van der Waals surface area contributed by atoms with Gasteiger partial charge in [0.1, 0.15) is 0 Å². The van der Waals surface area contributed by atoms with E-state index in [2.05, 4.69) is 24.5 Å². The molecular weight excluding hydrogens is 320 g/mol. The van der Waals surface area contributed by atoms with Gasteiger partial charge < -0.3 is 10.6 Å². The van der Waals surface area contributed by atoms with Crippen LogP contribution in [0.2, 0.25) is 0 Å². The fraction of sp³-hybridized carbons (Fsp3) is 0.263. The van der Waals surface area contributed by atoms with Crippen molar-refractivity contribution in [3.05, 3.63) is 59.7 Å². The Hall–Kier alpha value is -2.27. The summed E-state index contributed by atoms with van der Waals surface area (Å²) < 4.78 is 0. The first-order valence-corrected chi connectivity index (χ1v) is 8.74. The second kappa shape index (κ2) is 8.55. The van der Waals surface area contributed by atoms with Gasteiger partial charge in [0.05, 0.1) is 12.0 Å². The molecule has 2 rings (SSSR count). The van der Waals surface area contributed by atoms with Gasteiger partial charge in [0.2, 0.25) is 5.91 Å². The predicted octanol–water partition coefficient (Wildman–Crippen LogP) is 3.73. The summed E-state index contributed by atoms with van der Waals surface area (Å²) in [5.74, 6) is -0.163. The number of anilines is 1. The molecular formula is C19H22N2O2S. The van der Waals surface area contributed by atoms with E-state index in [9.17, 15) is 9.59 Å². The Balaban J connectivity index is 2.08. The van der Waals surface area contributed by atoms with Crippen LogP contribution in [0.1, 0.15) is 29.8 Å². The molecule has 126 valence electrons. The third kappa shape index (κ3) is 5.13. The molecule has 0 heterocycles. The number of hydrogen-bond donors (Lipinski definition) is 2.